The lowest BCUT2D eigenvalue weighted by atomic mass is 10.1. The zero-order chi connectivity index (χ0) is 13.5. The Hall–Kier alpha value is -1.30. The number of hydrogen-bond donors (Lipinski definition) is 3. The molecule has 6 heteroatoms. The van der Waals surface area contributed by atoms with Gasteiger partial charge >= 0.3 is 12.0 Å². The lowest BCUT2D eigenvalue weighted by Gasteiger charge is -2.25. The molecule has 0 unspecified atom stereocenters. The summed E-state index contributed by atoms with van der Waals surface area (Å²) in [5.74, 6) is -1.07. The minimum absolute atomic E-state index is 0.155. The van der Waals surface area contributed by atoms with E-state index in [4.69, 9.17) is 10.2 Å². The first-order chi connectivity index (χ1) is 7.81. The smallest absolute Gasteiger partial charge is 0.328 e. The van der Waals surface area contributed by atoms with Gasteiger partial charge < -0.3 is 20.4 Å². The van der Waals surface area contributed by atoms with Gasteiger partial charge in [-0.15, -0.1) is 0 Å². The van der Waals surface area contributed by atoms with Crippen LogP contribution in [-0.2, 0) is 4.79 Å². The molecule has 2 amide bonds. The van der Waals surface area contributed by atoms with E-state index in [9.17, 15) is 9.59 Å². The number of nitrogens with one attached hydrogen (secondary N) is 1. The van der Waals surface area contributed by atoms with Gasteiger partial charge in [0.15, 0.2) is 0 Å². The summed E-state index contributed by atoms with van der Waals surface area (Å²) in [7, 11) is 1.62. The van der Waals surface area contributed by atoms with Gasteiger partial charge in [-0.1, -0.05) is 0 Å². The minimum Gasteiger partial charge on any atom is -0.480 e. The van der Waals surface area contributed by atoms with Crippen molar-refractivity contribution in [2.45, 2.75) is 38.6 Å². The molecule has 3 N–H and O–H groups in total. The van der Waals surface area contributed by atoms with Gasteiger partial charge in [-0.2, -0.15) is 0 Å². The molecule has 0 spiro atoms. The molecule has 0 fully saturated rings. The number of nitrogens with zero attached hydrogens (tertiary/aromatic N) is 1. The number of amides is 2. The molecule has 100 valence electrons. The Balaban J connectivity index is 4.01. The third-order valence-electron chi connectivity index (χ3n) is 2.45. The Bertz CT molecular complexity index is 266. The molecule has 0 aliphatic heterocycles. The van der Waals surface area contributed by atoms with Crippen molar-refractivity contribution >= 4 is 12.0 Å². The Morgan fingerprint density at radius 1 is 1.24 bits per heavy atom. The number of aliphatic carboxylic acids is 1. The summed E-state index contributed by atoms with van der Waals surface area (Å²) in [5, 5.41) is 19.9. The van der Waals surface area contributed by atoms with Crippen LogP contribution < -0.4 is 5.32 Å². The van der Waals surface area contributed by atoms with Crippen molar-refractivity contribution < 1.29 is 19.8 Å². The maximum atomic E-state index is 11.6. The van der Waals surface area contributed by atoms with Crippen LogP contribution in [0.25, 0.3) is 0 Å². The molecule has 0 aliphatic rings. The Morgan fingerprint density at radius 3 is 2.29 bits per heavy atom. The van der Waals surface area contributed by atoms with Crippen LogP contribution >= 0.6 is 0 Å². The van der Waals surface area contributed by atoms with Gasteiger partial charge in [0.2, 0.25) is 0 Å². The van der Waals surface area contributed by atoms with E-state index in [1.54, 1.807) is 7.05 Å². The van der Waals surface area contributed by atoms with Crippen LogP contribution in [-0.4, -0.2) is 52.9 Å². The maximum absolute atomic E-state index is 11.6. The number of hydrogen-bond acceptors (Lipinski definition) is 3. The van der Waals surface area contributed by atoms with Crippen LogP contribution in [0.15, 0.2) is 0 Å². The zero-order valence-electron chi connectivity index (χ0n) is 10.7. The number of aliphatic hydroxyl groups excluding tert-OH is 1. The van der Waals surface area contributed by atoms with E-state index in [2.05, 4.69) is 5.32 Å². The summed E-state index contributed by atoms with van der Waals surface area (Å²) >= 11 is 0. The van der Waals surface area contributed by atoms with Gasteiger partial charge in [0, 0.05) is 20.2 Å². The number of carbonyl (C=O) groups excluding carboxylic acids is 1. The molecule has 0 aliphatic carbocycles. The molecule has 17 heavy (non-hydrogen) atoms. The van der Waals surface area contributed by atoms with Gasteiger partial charge in [-0.25, -0.2) is 9.59 Å². The van der Waals surface area contributed by atoms with Crippen molar-refractivity contribution in [1.82, 2.24) is 10.2 Å². The number of carbonyl (C=O) groups is 2. The van der Waals surface area contributed by atoms with Crippen molar-refractivity contribution in [3.8, 4) is 0 Å². The average Bonchev–Trinajstić information content (AvgIpc) is 2.23. The molecule has 0 aromatic carbocycles. The first kappa shape index (κ1) is 15.7. The van der Waals surface area contributed by atoms with Crippen LogP contribution in [0.1, 0.15) is 33.1 Å². The number of urea groups is 1. The lowest BCUT2D eigenvalue weighted by Crippen LogP contribution is -2.53. The monoisotopic (exact) mass is 246 g/mol. The molecule has 0 saturated carbocycles. The third kappa shape index (κ3) is 6.11. The highest BCUT2D eigenvalue weighted by atomic mass is 16.4. The molecule has 0 bridgehead atoms. The van der Waals surface area contributed by atoms with Crippen molar-refractivity contribution in [3.05, 3.63) is 0 Å². The summed E-state index contributed by atoms with van der Waals surface area (Å²) in [4.78, 5) is 23.9. The number of carboxylic acid groups (broad SMARTS) is 1. The van der Waals surface area contributed by atoms with Crippen molar-refractivity contribution in [1.29, 1.82) is 0 Å². The summed E-state index contributed by atoms with van der Waals surface area (Å²) in [5.41, 5.74) is -1.27. The van der Waals surface area contributed by atoms with Gasteiger partial charge in [0.05, 0.1) is 0 Å². The second-order valence-electron chi connectivity index (χ2n) is 4.57. The number of aliphatic hydroxyl groups is 1. The van der Waals surface area contributed by atoms with E-state index in [1.807, 2.05) is 0 Å². The van der Waals surface area contributed by atoms with Crippen molar-refractivity contribution in [3.63, 3.8) is 0 Å². The van der Waals surface area contributed by atoms with E-state index in [1.165, 1.54) is 18.7 Å². The Morgan fingerprint density at radius 2 is 1.82 bits per heavy atom. The quantitative estimate of drug-likeness (QED) is 0.575. The van der Waals surface area contributed by atoms with Crippen LogP contribution in [0, 0.1) is 0 Å². The van der Waals surface area contributed by atoms with Crippen molar-refractivity contribution in [2.24, 2.45) is 0 Å². The van der Waals surface area contributed by atoms with E-state index in [0.717, 1.165) is 19.3 Å². The van der Waals surface area contributed by atoms with Gasteiger partial charge in [0.1, 0.15) is 5.54 Å². The van der Waals surface area contributed by atoms with Crippen LogP contribution in [0.2, 0.25) is 0 Å². The van der Waals surface area contributed by atoms with Crippen LogP contribution in [0.4, 0.5) is 4.79 Å². The fourth-order valence-corrected chi connectivity index (χ4v) is 1.16. The predicted molar refractivity (Wildman–Crippen MR) is 63.8 cm³/mol. The molecule has 6 nitrogen and oxygen atoms in total. The SMILES string of the molecule is CN(CCCCCO)C(=O)NC(C)(C)C(=O)O. The third-order valence-corrected chi connectivity index (χ3v) is 2.45. The maximum Gasteiger partial charge on any atom is 0.328 e. The molecule has 0 atom stereocenters. The average molecular weight is 246 g/mol. The predicted octanol–water partition coefficient (Wildman–Crippen LogP) is 0.654. The Labute approximate surface area is 102 Å². The molecule has 0 radical (unpaired) electrons. The molecular formula is C11H22N2O4. The number of unbranched alkanes of at least 4 members (excludes halogenated alkanes) is 2. The van der Waals surface area contributed by atoms with Crippen molar-refractivity contribution in [2.75, 3.05) is 20.2 Å². The van der Waals surface area contributed by atoms with Gasteiger partial charge in [-0.3, -0.25) is 0 Å². The molecule has 0 aromatic heterocycles. The first-order valence-electron chi connectivity index (χ1n) is 5.69. The molecular weight excluding hydrogens is 224 g/mol. The standard InChI is InChI=1S/C11H22N2O4/c1-11(2,9(15)16)12-10(17)13(3)7-5-4-6-8-14/h14H,4-8H2,1-3H3,(H,12,17)(H,15,16). The second kappa shape index (κ2) is 7.11. The van der Waals surface area contributed by atoms with E-state index < -0.39 is 17.5 Å². The first-order valence-corrected chi connectivity index (χ1v) is 5.69. The topological polar surface area (TPSA) is 89.9 Å². The molecule has 0 saturated heterocycles. The largest absolute Gasteiger partial charge is 0.480 e. The van der Waals surface area contributed by atoms with E-state index in [0.29, 0.717) is 6.54 Å². The normalized spacial score (nSPS) is 11.1. The minimum atomic E-state index is -1.27. The highest BCUT2D eigenvalue weighted by Crippen LogP contribution is 2.04. The van der Waals surface area contributed by atoms with Crippen LogP contribution in [0.5, 0.6) is 0 Å². The fraction of sp³-hybridized carbons (Fsp3) is 0.818. The lowest BCUT2D eigenvalue weighted by molar-refractivity contribution is -0.143. The van der Waals surface area contributed by atoms with E-state index in [-0.39, 0.29) is 6.61 Å². The highest BCUT2D eigenvalue weighted by Gasteiger charge is 2.29. The number of carboxylic acids is 1. The van der Waals surface area contributed by atoms with E-state index >= 15 is 0 Å². The molecule has 0 rings (SSSR count). The van der Waals surface area contributed by atoms with Crippen LogP contribution in [0.3, 0.4) is 0 Å². The highest BCUT2D eigenvalue weighted by molar-refractivity contribution is 5.85. The summed E-state index contributed by atoms with van der Waals surface area (Å²) < 4.78 is 0. The summed E-state index contributed by atoms with van der Waals surface area (Å²) in [6, 6.07) is -0.401. The summed E-state index contributed by atoms with van der Waals surface area (Å²) in [6.45, 7) is 3.57. The van der Waals surface area contributed by atoms with Gasteiger partial charge in [-0.05, 0) is 33.1 Å². The molecule has 0 aromatic rings. The van der Waals surface area contributed by atoms with Gasteiger partial charge in [0.25, 0.3) is 0 Å². The summed E-state index contributed by atoms with van der Waals surface area (Å²) in [6.07, 6.45) is 2.35. The Kier molecular flexibility index (Phi) is 6.57. The fourth-order valence-electron chi connectivity index (χ4n) is 1.16. The second-order valence-corrected chi connectivity index (χ2v) is 4.57. The number of rotatable bonds is 7. The molecule has 0 heterocycles. The zero-order valence-corrected chi connectivity index (χ0v) is 10.7.